The predicted molar refractivity (Wildman–Crippen MR) is 112 cm³/mol. The van der Waals surface area contributed by atoms with Gasteiger partial charge < -0.3 is 4.74 Å². The number of hydrogen-bond acceptors (Lipinski definition) is 4. The first kappa shape index (κ1) is 21.0. The number of hydrogen-bond donors (Lipinski definition) is 2. The molecule has 0 unspecified atom stereocenters. The van der Waals surface area contributed by atoms with Crippen LogP contribution in [0.3, 0.4) is 0 Å². The van der Waals surface area contributed by atoms with Gasteiger partial charge in [0.15, 0.2) is 0 Å². The van der Waals surface area contributed by atoms with Gasteiger partial charge in [0.05, 0.1) is 5.56 Å². The van der Waals surface area contributed by atoms with Gasteiger partial charge in [-0.15, -0.1) is 0 Å². The smallest absolute Gasteiger partial charge is 0.265 e. The van der Waals surface area contributed by atoms with Crippen LogP contribution in [0.4, 0.5) is 4.39 Å². The highest BCUT2D eigenvalue weighted by Crippen LogP contribution is 2.36. The predicted octanol–water partition coefficient (Wildman–Crippen LogP) is 5.09. The van der Waals surface area contributed by atoms with Crippen LogP contribution in [0.15, 0.2) is 30.3 Å². The summed E-state index contributed by atoms with van der Waals surface area (Å²) in [5.41, 5.74) is 3.35. The molecule has 4 nitrogen and oxygen atoms in total. The Balaban J connectivity index is 1.71. The van der Waals surface area contributed by atoms with Crippen molar-refractivity contribution in [3.05, 3.63) is 63.4 Å². The Labute approximate surface area is 174 Å². The van der Waals surface area contributed by atoms with Crippen molar-refractivity contribution < 1.29 is 13.9 Å². The molecule has 1 amide bonds. The van der Waals surface area contributed by atoms with Gasteiger partial charge in [-0.25, -0.2) is 9.11 Å². The van der Waals surface area contributed by atoms with Gasteiger partial charge in [0.1, 0.15) is 18.2 Å². The van der Waals surface area contributed by atoms with Crippen molar-refractivity contribution in [2.75, 3.05) is 7.05 Å². The maximum Gasteiger partial charge on any atom is 0.265 e. The molecule has 0 saturated carbocycles. The maximum atomic E-state index is 14.3. The van der Waals surface area contributed by atoms with E-state index in [0.717, 1.165) is 30.7 Å². The largest absolute Gasteiger partial charge is 0.489 e. The van der Waals surface area contributed by atoms with Crippen LogP contribution < -0.4 is 14.2 Å². The van der Waals surface area contributed by atoms with Crippen LogP contribution in [0.5, 0.6) is 5.75 Å². The molecule has 0 fully saturated rings. The van der Waals surface area contributed by atoms with Gasteiger partial charge in [0.2, 0.25) is 0 Å². The highest BCUT2D eigenvalue weighted by molar-refractivity contribution is 7.96. The second-order valence-corrected chi connectivity index (χ2v) is 8.94. The van der Waals surface area contributed by atoms with E-state index < -0.39 is 11.7 Å². The number of ether oxygens (including phenoxy) is 1. The molecule has 1 aliphatic carbocycles. The van der Waals surface area contributed by atoms with Crippen molar-refractivity contribution in [2.24, 2.45) is 5.41 Å². The average molecular weight is 423 g/mol. The molecule has 7 heteroatoms. The SMILES string of the molecule is CNSNC(=O)c1cc(Cl)c(COc2ccc3c(c2)CC(C)(C)CC3)cc1F. The molecule has 0 saturated heterocycles. The zero-order valence-corrected chi connectivity index (χ0v) is 17.8. The fraction of sp³-hybridized carbons (Fsp3) is 0.381. The molecule has 0 bridgehead atoms. The lowest BCUT2D eigenvalue weighted by atomic mass is 9.74. The van der Waals surface area contributed by atoms with Crippen LogP contribution in [-0.2, 0) is 19.4 Å². The molecule has 3 rings (SSSR count). The van der Waals surface area contributed by atoms with E-state index in [2.05, 4.69) is 35.4 Å². The van der Waals surface area contributed by atoms with Crippen LogP contribution >= 0.6 is 23.7 Å². The summed E-state index contributed by atoms with van der Waals surface area (Å²) < 4.78 is 25.4. The van der Waals surface area contributed by atoms with Crippen molar-refractivity contribution in [3.63, 3.8) is 0 Å². The van der Waals surface area contributed by atoms with Crippen molar-refractivity contribution >= 4 is 29.6 Å². The summed E-state index contributed by atoms with van der Waals surface area (Å²) in [4.78, 5) is 12.0. The van der Waals surface area contributed by atoms with E-state index in [9.17, 15) is 9.18 Å². The first-order valence-electron chi connectivity index (χ1n) is 9.14. The number of fused-ring (bicyclic) bond motifs is 1. The molecule has 28 heavy (non-hydrogen) atoms. The third-order valence-corrected chi connectivity index (χ3v) is 5.78. The summed E-state index contributed by atoms with van der Waals surface area (Å²) in [6.45, 7) is 4.68. The Morgan fingerprint density at radius 3 is 2.82 bits per heavy atom. The minimum atomic E-state index is -0.635. The molecule has 2 aromatic rings. The number of halogens is 2. The molecule has 0 aromatic heterocycles. The van der Waals surface area contributed by atoms with Crippen molar-refractivity contribution in [2.45, 2.75) is 39.7 Å². The summed E-state index contributed by atoms with van der Waals surface area (Å²) in [6, 6.07) is 8.70. The Hall–Kier alpha value is -1.76. The zero-order chi connectivity index (χ0) is 20.3. The highest BCUT2D eigenvalue weighted by atomic mass is 35.5. The van der Waals surface area contributed by atoms with E-state index in [0.29, 0.717) is 16.0 Å². The van der Waals surface area contributed by atoms with E-state index in [-0.39, 0.29) is 12.2 Å². The molecule has 2 N–H and O–H groups in total. The van der Waals surface area contributed by atoms with Crippen molar-refractivity contribution in [1.82, 2.24) is 9.44 Å². The standard InChI is InChI=1S/C21H24ClFN2O2S/c1-21(2)7-6-13-4-5-16(8-14(13)11-21)27-12-15-9-19(23)17(10-18(15)22)20(26)25-28-24-3/h4-5,8-10,24H,6-7,11-12H2,1-3H3,(H,25,26). The van der Waals surface area contributed by atoms with Gasteiger partial charge in [0.25, 0.3) is 5.91 Å². The second kappa shape index (κ2) is 8.72. The highest BCUT2D eigenvalue weighted by Gasteiger charge is 2.25. The van der Waals surface area contributed by atoms with Crippen LogP contribution in [-0.4, -0.2) is 13.0 Å². The number of amides is 1. The first-order chi connectivity index (χ1) is 13.3. The summed E-state index contributed by atoms with van der Waals surface area (Å²) in [6.07, 6.45) is 3.28. The van der Waals surface area contributed by atoms with Crippen molar-refractivity contribution in [1.29, 1.82) is 0 Å². The number of rotatable bonds is 6. The van der Waals surface area contributed by atoms with E-state index in [1.165, 1.54) is 29.7 Å². The van der Waals surface area contributed by atoms with E-state index in [1.54, 1.807) is 7.05 Å². The normalized spacial score (nSPS) is 15.0. The molecule has 0 spiro atoms. The maximum absolute atomic E-state index is 14.3. The number of carbonyl (C=O) groups is 1. The fourth-order valence-electron chi connectivity index (χ4n) is 3.36. The van der Waals surface area contributed by atoms with Gasteiger partial charge in [0, 0.05) is 22.7 Å². The average Bonchev–Trinajstić information content (AvgIpc) is 2.65. The summed E-state index contributed by atoms with van der Waals surface area (Å²) in [5, 5.41) is 0.292. The van der Waals surface area contributed by atoms with Crippen LogP contribution in [0.1, 0.15) is 47.3 Å². The van der Waals surface area contributed by atoms with Gasteiger partial charge in [-0.05, 0) is 67.1 Å². The Morgan fingerprint density at radius 2 is 2.07 bits per heavy atom. The van der Waals surface area contributed by atoms with Crippen LogP contribution in [0.2, 0.25) is 5.02 Å². The van der Waals surface area contributed by atoms with E-state index in [4.69, 9.17) is 16.3 Å². The number of nitrogens with one attached hydrogen (secondary N) is 2. The Kier molecular flexibility index (Phi) is 6.53. The first-order valence-corrected chi connectivity index (χ1v) is 10.3. The minimum absolute atomic E-state index is 0.104. The monoisotopic (exact) mass is 422 g/mol. The molecular weight excluding hydrogens is 399 g/mol. The molecule has 2 aromatic carbocycles. The number of carbonyl (C=O) groups excluding carboxylic acids is 1. The van der Waals surface area contributed by atoms with E-state index >= 15 is 0 Å². The molecule has 0 heterocycles. The lowest BCUT2D eigenvalue weighted by molar-refractivity contribution is 0.0980. The Morgan fingerprint density at radius 1 is 1.29 bits per heavy atom. The number of aryl methyl sites for hydroxylation is 1. The second-order valence-electron chi connectivity index (χ2n) is 7.72. The lowest BCUT2D eigenvalue weighted by Gasteiger charge is -2.31. The summed E-state index contributed by atoms with van der Waals surface area (Å²) in [7, 11) is 1.65. The summed E-state index contributed by atoms with van der Waals surface area (Å²) in [5.74, 6) is -0.451. The third kappa shape index (κ3) is 4.99. The van der Waals surface area contributed by atoms with Crippen LogP contribution in [0.25, 0.3) is 0 Å². The molecule has 0 aliphatic heterocycles. The minimum Gasteiger partial charge on any atom is -0.489 e. The Bertz CT molecular complexity index is 889. The molecule has 0 radical (unpaired) electrons. The van der Waals surface area contributed by atoms with Gasteiger partial charge in [-0.2, -0.15) is 0 Å². The quantitative estimate of drug-likeness (QED) is 0.637. The molecule has 1 aliphatic rings. The summed E-state index contributed by atoms with van der Waals surface area (Å²) >= 11 is 7.21. The van der Waals surface area contributed by atoms with Crippen molar-refractivity contribution in [3.8, 4) is 5.75 Å². The van der Waals surface area contributed by atoms with Gasteiger partial charge >= 0.3 is 0 Å². The van der Waals surface area contributed by atoms with E-state index in [1.807, 2.05) is 6.07 Å². The third-order valence-electron chi connectivity index (χ3n) is 4.94. The topological polar surface area (TPSA) is 50.4 Å². The number of benzene rings is 2. The zero-order valence-electron chi connectivity index (χ0n) is 16.2. The van der Waals surface area contributed by atoms with Crippen LogP contribution in [0, 0.1) is 11.2 Å². The fourth-order valence-corrected chi connectivity index (χ4v) is 3.89. The molecule has 0 atom stereocenters. The van der Waals surface area contributed by atoms with Gasteiger partial charge in [-0.1, -0.05) is 31.5 Å². The lowest BCUT2D eigenvalue weighted by Crippen LogP contribution is -2.22. The molecule has 150 valence electrons. The van der Waals surface area contributed by atoms with Gasteiger partial charge in [-0.3, -0.25) is 9.52 Å². The molecular formula is C21H24ClFN2O2S.